The van der Waals surface area contributed by atoms with E-state index in [1.807, 2.05) is 53.4 Å². The number of para-hydroxylation sites is 1. The summed E-state index contributed by atoms with van der Waals surface area (Å²) in [5.41, 5.74) is 1.56. The van der Waals surface area contributed by atoms with Crippen molar-refractivity contribution in [2.24, 2.45) is 0 Å². The van der Waals surface area contributed by atoms with E-state index in [-0.39, 0.29) is 5.97 Å². The third kappa shape index (κ3) is 4.12. The van der Waals surface area contributed by atoms with Crippen LogP contribution in [0.2, 0.25) is 0 Å². The van der Waals surface area contributed by atoms with Crippen LogP contribution in [0.5, 0.6) is 5.75 Å². The first kappa shape index (κ1) is 15.7. The number of thiophene rings is 1. The summed E-state index contributed by atoms with van der Waals surface area (Å²) in [6.07, 6.45) is 1.91. The molecule has 3 nitrogen and oxygen atoms in total. The molecule has 2 rings (SSSR count). The standard InChI is InChI=1S/C16H16O3S2/c1-18-16(17)14(11-20-2)15-12(8-9-21-15)10-19-13-6-4-3-5-7-13/h3-9,11H,10H2,1-2H3. The second-order valence-corrected chi connectivity index (χ2v) is 5.76. The molecule has 0 saturated carbocycles. The summed E-state index contributed by atoms with van der Waals surface area (Å²) < 4.78 is 10.6. The number of rotatable bonds is 6. The van der Waals surface area contributed by atoms with Crippen molar-refractivity contribution >= 4 is 34.6 Å². The zero-order valence-electron chi connectivity index (χ0n) is 11.9. The molecule has 110 valence electrons. The van der Waals surface area contributed by atoms with Gasteiger partial charge < -0.3 is 9.47 Å². The van der Waals surface area contributed by atoms with Gasteiger partial charge in [0, 0.05) is 10.4 Å². The molecule has 0 aliphatic carbocycles. The lowest BCUT2D eigenvalue weighted by atomic mass is 10.1. The molecule has 5 heteroatoms. The number of thioether (sulfide) groups is 1. The van der Waals surface area contributed by atoms with E-state index in [0.29, 0.717) is 12.2 Å². The first-order valence-electron chi connectivity index (χ1n) is 6.32. The number of carbonyl (C=O) groups is 1. The lowest BCUT2D eigenvalue weighted by Crippen LogP contribution is -2.05. The van der Waals surface area contributed by atoms with Gasteiger partial charge in [-0.3, -0.25) is 0 Å². The topological polar surface area (TPSA) is 35.5 Å². The highest BCUT2D eigenvalue weighted by Gasteiger charge is 2.17. The molecule has 0 unspecified atom stereocenters. The van der Waals surface area contributed by atoms with Gasteiger partial charge in [0.2, 0.25) is 0 Å². The van der Waals surface area contributed by atoms with E-state index in [4.69, 9.17) is 9.47 Å². The maximum Gasteiger partial charge on any atom is 0.339 e. The summed E-state index contributed by atoms with van der Waals surface area (Å²) in [7, 11) is 1.39. The molecular formula is C16H16O3S2. The van der Waals surface area contributed by atoms with E-state index in [9.17, 15) is 4.79 Å². The van der Waals surface area contributed by atoms with Crippen molar-refractivity contribution in [1.82, 2.24) is 0 Å². The van der Waals surface area contributed by atoms with Gasteiger partial charge in [-0.25, -0.2) is 4.79 Å². The van der Waals surface area contributed by atoms with Gasteiger partial charge in [-0.15, -0.1) is 23.1 Å². The Labute approximate surface area is 132 Å². The van der Waals surface area contributed by atoms with E-state index < -0.39 is 0 Å². The smallest absolute Gasteiger partial charge is 0.339 e. The van der Waals surface area contributed by atoms with E-state index in [0.717, 1.165) is 16.2 Å². The molecule has 0 radical (unpaired) electrons. The maximum absolute atomic E-state index is 11.9. The fourth-order valence-electron chi connectivity index (χ4n) is 1.79. The molecule has 0 spiro atoms. The summed E-state index contributed by atoms with van der Waals surface area (Å²) >= 11 is 2.99. The van der Waals surface area contributed by atoms with Gasteiger partial charge in [0.1, 0.15) is 12.4 Å². The quantitative estimate of drug-likeness (QED) is 0.590. The molecule has 0 bridgehead atoms. The normalized spacial score (nSPS) is 11.2. The Morgan fingerprint density at radius 2 is 2.05 bits per heavy atom. The van der Waals surface area contributed by atoms with Crippen molar-refractivity contribution in [3.05, 3.63) is 57.6 Å². The van der Waals surface area contributed by atoms with Crippen LogP contribution in [-0.2, 0) is 16.1 Å². The number of methoxy groups -OCH3 is 1. The average molecular weight is 320 g/mol. The van der Waals surface area contributed by atoms with E-state index >= 15 is 0 Å². The molecule has 21 heavy (non-hydrogen) atoms. The molecule has 1 aromatic carbocycles. The van der Waals surface area contributed by atoms with Crippen LogP contribution in [0.3, 0.4) is 0 Å². The molecular weight excluding hydrogens is 304 g/mol. The van der Waals surface area contributed by atoms with Gasteiger partial charge in [0.25, 0.3) is 0 Å². The fourth-order valence-corrected chi connectivity index (χ4v) is 3.23. The lowest BCUT2D eigenvalue weighted by Gasteiger charge is -2.08. The Bertz CT molecular complexity index is 617. The summed E-state index contributed by atoms with van der Waals surface area (Å²) in [6.45, 7) is 0.422. The highest BCUT2D eigenvalue weighted by Crippen LogP contribution is 2.29. The van der Waals surface area contributed by atoms with E-state index in [1.54, 1.807) is 0 Å². The van der Waals surface area contributed by atoms with Crippen LogP contribution >= 0.6 is 23.1 Å². The van der Waals surface area contributed by atoms with Gasteiger partial charge >= 0.3 is 5.97 Å². The molecule has 0 aliphatic rings. The van der Waals surface area contributed by atoms with E-state index in [1.165, 1.54) is 30.2 Å². The number of ether oxygens (including phenoxy) is 2. The number of carbonyl (C=O) groups excluding carboxylic acids is 1. The van der Waals surface area contributed by atoms with Crippen LogP contribution in [0.4, 0.5) is 0 Å². The van der Waals surface area contributed by atoms with E-state index in [2.05, 4.69) is 0 Å². The first-order valence-corrected chi connectivity index (χ1v) is 8.49. The molecule has 0 atom stereocenters. The van der Waals surface area contributed by atoms with Gasteiger partial charge in [0.15, 0.2) is 0 Å². The lowest BCUT2D eigenvalue weighted by molar-refractivity contribution is -0.133. The number of hydrogen-bond acceptors (Lipinski definition) is 5. The average Bonchev–Trinajstić information content (AvgIpc) is 2.99. The molecule has 2 aromatic rings. The number of benzene rings is 1. The van der Waals surface area contributed by atoms with Gasteiger partial charge in [-0.05, 0) is 35.2 Å². The summed E-state index contributed by atoms with van der Waals surface area (Å²) in [4.78, 5) is 12.8. The second kappa shape index (κ2) is 7.90. The predicted molar refractivity (Wildman–Crippen MR) is 88.6 cm³/mol. The van der Waals surface area contributed by atoms with Crippen molar-refractivity contribution < 1.29 is 14.3 Å². The second-order valence-electron chi connectivity index (χ2n) is 4.14. The zero-order valence-corrected chi connectivity index (χ0v) is 13.5. The Hall–Kier alpha value is -1.72. The first-order chi connectivity index (χ1) is 10.3. The highest BCUT2D eigenvalue weighted by molar-refractivity contribution is 8.01. The van der Waals surface area contributed by atoms with Crippen molar-refractivity contribution in [3.63, 3.8) is 0 Å². The van der Waals surface area contributed by atoms with Crippen LogP contribution < -0.4 is 4.74 Å². The Kier molecular flexibility index (Phi) is 5.90. The summed E-state index contributed by atoms with van der Waals surface area (Å²) in [5, 5.41) is 3.76. The van der Waals surface area contributed by atoms with Gasteiger partial charge in [0.05, 0.1) is 12.7 Å². The van der Waals surface area contributed by atoms with Gasteiger partial charge in [-0.2, -0.15) is 0 Å². The molecule has 0 saturated heterocycles. The fraction of sp³-hybridized carbons (Fsp3) is 0.188. The van der Waals surface area contributed by atoms with Crippen molar-refractivity contribution in [2.45, 2.75) is 6.61 Å². The molecule has 0 fully saturated rings. The molecule has 1 aromatic heterocycles. The largest absolute Gasteiger partial charge is 0.489 e. The third-order valence-corrected chi connectivity index (χ3v) is 4.23. The monoisotopic (exact) mass is 320 g/mol. The molecule has 1 heterocycles. The van der Waals surface area contributed by atoms with Crippen molar-refractivity contribution in [2.75, 3.05) is 13.4 Å². The van der Waals surface area contributed by atoms with Crippen LogP contribution in [0, 0.1) is 0 Å². The Morgan fingerprint density at radius 1 is 1.29 bits per heavy atom. The third-order valence-electron chi connectivity index (χ3n) is 2.77. The maximum atomic E-state index is 11.9. The minimum absolute atomic E-state index is 0.326. The zero-order chi connectivity index (χ0) is 15.1. The van der Waals surface area contributed by atoms with Crippen molar-refractivity contribution in [1.29, 1.82) is 0 Å². The SMILES string of the molecule is COC(=O)C(=CSC)c1sccc1COc1ccccc1. The number of esters is 1. The molecule has 0 N–H and O–H groups in total. The molecule has 0 aliphatic heterocycles. The van der Waals surface area contributed by atoms with Gasteiger partial charge in [-0.1, -0.05) is 18.2 Å². The van der Waals surface area contributed by atoms with Crippen LogP contribution in [-0.4, -0.2) is 19.3 Å². The van der Waals surface area contributed by atoms with Crippen molar-refractivity contribution in [3.8, 4) is 5.75 Å². The minimum Gasteiger partial charge on any atom is -0.489 e. The number of hydrogen-bond donors (Lipinski definition) is 0. The predicted octanol–water partition coefficient (Wildman–Crippen LogP) is 4.20. The molecule has 0 amide bonds. The highest BCUT2D eigenvalue weighted by atomic mass is 32.2. The van der Waals surface area contributed by atoms with Crippen LogP contribution in [0.15, 0.2) is 47.2 Å². The Morgan fingerprint density at radius 3 is 2.71 bits per heavy atom. The summed E-state index contributed by atoms with van der Waals surface area (Å²) in [5.74, 6) is 0.482. The van der Waals surface area contributed by atoms with Crippen LogP contribution in [0.1, 0.15) is 10.4 Å². The minimum atomic E-state index is -0.326. The summed E-state index contributed by atoms with van der Waals surface area (Å²) in [6, 6.07) is 11.6. The van der Waals surface area contributed by atoms with Crippen LogP contribution in [0.25, 0.3) is 5.57 Å². The Balaban J connectivity index is 2.17.